The molecule has 1 aliphatic carbocycles. The Bertz CT molecular complexity index is 551. The molecule has 20 heavy (non-hydrogen) atoms. The van der Waals surface area contributed by atoms with Crippen molar-refractivity contribution in [2.24, 2.45) is 5.92 Å². The molecule has 7 heteroatoms. The van der Waals surface area contributed by atoms with E-state index in [-0.39, 0.29) is 15.9 Å². The van der Waals surface area contributed by atoms with Gasteiger partial charge in [0, 0.05) is 12.6 Å². The van der Waals surface area contributed by atoms with E-state index < -0.39 is 0 Å². The molecule has 0 bridgehead atoms. The van der Waals surface area contributed by atoms with Crippen molar-refractivity contribution in [3.63, 3.8) is 0 Å². The highest BCUT2D eigenvalue weighted by atomic mass is 35.5. The van der Waals surface area contributed by atoms with Crippen molar-refractivity contribution in [3.05, 3.63) is 21.1 Å². The molecule has 1 saturated heterocycles. The van der Waals surface area contributed by atoms with Crippen molar-refractivity contribution in [1.82, 2.24) is 9.97 Å². The summed E-state index contributed by atoms with van der Waals surface area (Å²) in [6.45, 7) is 2.43. The van der Waals surface area contributed by atoms with Gasteiger partial charge in [-0.2, -0.15) is 4.98 Å². The lowest BCUT2D eigenvalue weighted by atomic mass is 9.92. The predicted octanol–water partition coefficient (Wildman–Crippen LogP) is 3.12. The maximum Gasteiger partial charge on any atom is 0.332 e. The van der Waals surface area contributed by atoms with E-state index in [4.69, 9.17) is 11.6 Å². The maximum atomic E-state index is 11.3. The first-order valence-corrected chi connectivity index (χ1v) is 7.41. The second-order valence-electron chi connectivity index (χ2n) is 5.60. The summed E-state index contributed by atoms with van der Waals surface area (Å²) in [5.41, 5.74) is 0.340. The van der Waals surface area contributed by atoms with Crippen LogP contribution in [0.5, 0.6) is 0 Å². The molecule has 6 nitrogen and oxygen atoms in total. The lowest BCUT2D eigenvalue weighted by Crippen LogP contribution is -2.43. The van der Waals surface area contributed by atoms with Crippen LogP contribution in [-0.2, 0) is 0 Å². The zero-order valence-corrected chi connectivity index (χ0v) is 12.1. The molecular formula is C13H17ClN4O2. The fourth-order valence-electron chi connectivity index (χ4n) is 3.65. The normalized spacial score (nSPS) is 25.6. The molecule has 1 saturated carbocycles. The van der Waals surface area contributed by atoms with Crippen molar-refractivity contribution in [2.45, 2.75) is 45.1 Å². The Labute approximate surface area is 122 Å². The highest BCUT2D eigenvalue weighted by Gasteiger charge is 2.39. The fourth-order valence-corrected chi connectivity index (χ4v) is 3.86. The van der Waals surface area contributed by atoms with Crippen molar-refractivity contribution >= 4 is 23.1 Å². The number of nitro groups is 1. The second kappa shape index (κ2) is 5.16. The molecule has 108 valence electrons. The Balaban J connectivity index is 2.06. The number of piperidine rings is 1. The van der Waals surface area contributed by atoms with Crippen LogP contribution >= 0.6 is 11.6 Å². The zero-order chi connectivity index (χ0) is 14.3. The zero-order valence-electron chi connectivity index (χ0n) is 11.4. The van der Waals surface area contributed by atoms with Gasteiger partial charge in [0.25, 0.3) is 0 Å². The highest BCUT2D eigenvalue weighted by molar-refractivity contribution is 6.28. The predicted molar refractivity (Wildman–Crippen MR) is 76.1 cm³/mol. The number of hydrogen-bond donors (Lipinski definition) is 0. The van der Waals surface area contributed by atoms with Crippen LogP contribution in [0, 0.1) is 23.0 Å². The molecule has 1 aliphatic heterocycles. The van der Waals surface area contributed by atoms with Crippen molar-refractivity contribution < 1.29 is 4.92 Å². The molecule has 0 aromatic carbocycles. The van der Waals surface area contributed by atoms with Crippen LogP contribution in [-0.4, -0.2) is 27.5 Å². The minimum atomic E-state index is -0.389. The van der Waals surface area contributed by atoms with Gasteiger partial charge in [0.05, 0.1) is 4.92 Å². The second-order valence-corrected chi connectivity index (χ2v) is 5.94. The Kier molecular flexibility index (Phi) is 3.50. The molecule has 1 aromatic heterocycles. The van der Waals surface area contributed by atoms with Gasteiger partial charge in [0.2, 0.25) is 11.1 Å². The number of halogens is 1. The van der Waals surface area contributed by atoms with Crippen LogP contribution in [0.4, 0.5) is 11.5 Å². The standard InChI is InChI=1S/C13H17ClN4O2/c1-8-11(18(19)20)12(16-13(14)15-8)17-7-3-5-9-4-2-6-10(9)17/h9-10H,2-7H2,1H3. The largest absolute Gasteiger partial charge is 0.347 e. The van der Waals surface area contributed by atoms with Gasteiger partial charge in [-0.15, -0.1) is 0 Å². The monoisotopic (exact) mass is 296 g/mol. The molecule has 0 spiro atoms. The van der Waals surface area contributed by atoms with Crippen LogP contribution in [0.2, 0.25) is 5.28 Å². The van der Waals surface area contributed by atoms with Gasteiger partial charge in [-0.05, 0) is 50.1 Å². The number of aryl methyl sites for hydroxylation is 1. The minimum absolute atomic E-state index is 0.00181. The molecule has 1 aromatic rings. The van der Waals surface area contributed by atoms with Gasteiger partial charge < -0.3 is 4.90 Å². The molecule has 2 aliphatic rings. The average Bonchev–Trinajstić information content (AvgIpc) is 2.84. The van der Waals surface area contributed by atoms with Gasteiger partial charge in [0.1, 0.15) is 5.69 Å². The molecule has 2 unspecified atom stereocenters. The van der Waals surface area contributed by atoms with E-state index in [2.05, 4.69) is 14.9 Å². The fraction of sp³-hybridized carbons (Fsp3) is 0.692. The Morgan fingerprint density at radius 2 is 2.05 bits per heavy atom. The summed E-state index contributed by atoms with van der Waals surface area (Å²) in [6.07, 6.45) is 5.76. The topological polar surface area (TPSA) is 72.2 Å². The van der Waals surface area contributed by atoms with Crippen molar-refractivity contribution in [3.8, 4) is 0 Å². The van der Waals surface area contributed by atoms with Gasteiger partial charge >= 0.3 is 5.69 Å². The lowest BCUT2D eigenvalue weighted by molar-refractivity contribution is -0.385. The first kappa shape index (κ1) is 13.5. The molecule has 2 atom stereocenters. The summed E-state index contributed by atoms with van der Waals surface area (Å²) in [6, 6.07) is 0.368. The SMILES string of the molecule is Cc1nc(Cl)nc(N2CCCC3CCCC32)c1[N+](=O)[O-]. The smallest absolute Gasteiger partial charge is 0.332 e. The number of rotatable bonds is 2. The van der Waals surface area contributed by atoms with Crippen molar-refractivity contribution in [1.29, 1.82) is 0 Å². The van der Waals surface area contributed by atoms with E-state index in [0.29, 0.717) is 23.5 Å². The van der Waals surface area contributed by atoms with E-state index in [9.17, 15) is 10.1 Å². The number of nitrogens with zero attached hydrogens (tertiary/aromatic N) is 4. The summed E-state index contributed by atoms with van der Waals surface area (Å²) < 4.78 is 0. The first-order valence-electron chi connectivity index (χ1n) is 7.03. The quantitative estimate of drug-likeness (QED) is 0.476. The van der Waals surface area contributed by atoms with Gasteiger partial charge in [-0.1, -0.05) is 6.42 Å². The van der Waals surface area contributed by atoms with E-state index >= 15 is 0 Å². The molecule has 0 N–H and O–H groups in total. The number of hydrogen-bond acceptors (Lipinski definition) is 5. The van der Waals surface area contributed by atoms with E-state index in [1.165, 1.54) is 19.3 Å². The summed E-state index contributed by atoms with van der Waals surface area (Å²) in [5, 5.41) is 11.4. The van der Waals surface area contributed by atoms with E-state index in [1.54, 1.807) is 6.92 Å². The third kappa shape index (κ3) is 2.22. The minimum Gasteiger partial charge on any atom is -0.347 e. The highest BCUT2D eigenvalue weighted by Crippen LogP contribution is 2.41. The number of anilines is 1. The Morgan fingerprint density at radius 1 is 1.30 bits per heavy atom. The van der Waals surface area contributed by atoms with Gasteiger partial charge in [-0.25, -0.2) is 4.98 Å². The van der Waals surface area contributed by atoms with Gasteiger partial charge in [-0.3, -0.25) is 10.1 Å². The molecule has 0 radical (unpaired) electrons. The van der Waals surface area contributed by atoms with Crippen LogP contribution in [0.15, 0.2) is 0 Å². The third-order valence-corrected chi connectivity index (χ3v) is 4.63. The molecule has 2 fully saturated rings. The van der Waals surface area contributed by atoms with Crippen LogP contribution in [0.3, 0.4) is 0 Å². The average molecular weight is 297 g/mol. The number of aromatic nitrogens is 2. The molecule has 3 rings (SSSR count). The van der Waals surface area contributed by atoms with E-state index in [0.717, 1.165) is 19.4 Å². The molecule has 0 amide bonds. The number of fused-ring (bicyclic) bond motifs is 1. The molecule has 2 heterocycles. The Hall–Kier alpha value is -1.43. The maximum absolute atomic E-state index is 11.3. The summed E-state index contributed by atoms with van der Waals surface area (Å²) in [5.74, 6) is 1.04. The lowest BCUT2D eigenvalue weighted by Gasteiger charge is -2.38. The molecular weight excluding hydrogens is 280 g/mol. The van der Waals surface area contributed by atoms with Crippen LogP contribution in [0.25, 0.3) is 0 Å². The summed E-state index contributed by atoms with van der Waals surface area (Å²) in [7, 11) is 0. The van der Waals surface area contributed by atoms with Crippen LogP contribution in [0.1, 0.15) is 37.8 Å². The summed E-state index contributed by atoms with van der Waals surface area (Å²) >= 11 is 5.92. The van der Waals surface area contributed by atoms with Crippen LogP contribution < -0.4 is 4.90 Å². The third-order valence-electron chi connectivity index (χ3n) is 4.46. The Morgan fingerprint density at radius 3 is 2.80 bits per heavy atom. The first-order chi connectivity index (χ1) is 9.58. The van der Waals surface area contributed by atoms with Gasteiger partial charge in [0.15, 0.2) is 0 Å². The van der Waals surface area contributed by atoms with Crippen molar-refractivity contribution in [2.75, 3.05) is 11.4 Å². The summed E-state index contributed by atoms with van der Waals surface area (Å²) in [4.78, 5) is 21.2. The van der Waals surface area contributed by atoms with E-state index in [1.807, 2.05) is 0 Å².